The van der Waals surface area contributed by atoms with E-state index in [-0.39, 0.29) is 18.1 Å². The summed E-state index contributed by atoms with van der Waals surface area (Å²) in [5, 5.41) is 8.76. The zero-order chi connectivity index (χ0) is 36.0. The highest BCUT2D eigenvalue weighted by Crippen LogP contribution is 2.25. The van der Waals surface area contributed by atoms with Crippen molar-refractivity contribution in [3.8, 4) is 5.75 Å². The molecule has 0 aliphatic carbocycles. The maximum absolute atomic E-state index is 12.2. The van der Waals surface area contributed by atoms with Gasteiger partial charge >= 0.3 is 18.1 Å². The quantitative estimate of drug-likeness (QED) is 0.200. The molecule has 0 fully saturated rings. The topological polar surface area (TPSA) is 97.5 Å². The molecule has 14 heteroatoms. The Hall–Kier alpha value is -4.35. The lowest BCUT2D eigenvalue weighted by Crippen LogP contribution is -2.41. The number of amides is 6. The van der Waals surface area contributed by atoms with Crippen LogP contribution in [0.1, 0.15) is 5.56 Å². The highest BCUT2D eigenvalue weighted by molar-refractivity contribution is 6.42. The first kappa shape index (κ1) is 39.8. The van der Waals surface area contributed by atoms with Crippen molar-refractivity contribution in [3.05, 3.63) is 117 Å². The number of urea groups is 3. The molecule has 256 valence electrons. The Bertz CT molecular complexity index is 1590. The van der Waals surface area contributed by atoms with Crippen LogP contribution in [0.2, 0.25) is 20.1 Å². The van der Waals surface area contributed by atoms with Crippen LogP contribution in [0.4, 0.5) is 31.4 Å². The smallest absolute Gasteiger partial charge is 0.357 e. The maximum atomic E-state index is 12.2. The van der Waals surface area contributed by atoms with Gasteiger partial charge < -0.3 is 30.2 Å². The van der Waals surface area contributed by atoms with Gasteiger partial charge in [0, 0.05) is 63.7 Å². The number of aryl methyl sites for hydroxylation is 1. The third-order valence-electron chi connectivity index (χ3n) is 5.96. The highest BCUT2D eigenvalue weighted by atomic mass is 35.5. The van der Waals surface area contributed by atoms with Gasteiger partial charge in [-0.15, -0.1) is 5.06 Å². The van der Waals surface area contributed by atoms with E-state index in [1.54, 1.807) is 103 Å². The summed E-state index contributed by atoms with van der Waals surface area (Å²) in [6.45, 7) is 1.92. The Morgan fingerprint density at radius 3 is 1.54 bits per heavy atom. The Kier molecular flexibility index (Phi) is 16.2. The number of carbonyl (C=O) groups is 3. The van der Waals surface area contributed by atoms with Crippen LogP contribution >= 0.6 is 46.4 Å². The summed E-state index contributed by atoms with van der Waals surface area (Å²) in [6.07, 6.45) is 0. The van der Waals surface area contributed by atoms with Crippen molar-refractivity contribution in [2.24, 2.45) is 0 Å². The van der Waals surface area contributed by atoms with Crippen LogP contribution < -0.4 is 20.5 Å². The van der Waals surface area contributed by atoms with Crippen LogP contribution in [0.5, 0.6) is 5.75 Å². The van der Waals surface area contributed by atoms with Crippen LogP contribution in [0.3, 0.4) is 0 Å². The van der Waals surface area contributed by atoms with Gasteiger partial charge in [-0.3, -0.25) is 0 Å². The predicted octanol–water partition coefficient (Wildman–Crippen LogP) is 9.65. The van der Waals surface area contributed by atoms with E-state index >= 15 is 0 Å². The monoisotopic (exact) mass is 734 g/mol. The number of hydroxylamine groups is 1. The number of carbonyl (C=O) groups excluding carboxylic acids is 3. The average Bonchev–Trinajstić information content (AvgIpc) is 3.05. The largest absolute Gasteiger partial charge is 0.370 e. The zero-order valence-electron chi connectivity index (χ0n) is 27.6. The Balaban J connectivity index is 0.000000257. The summed E-state index contributed by atoms with van der Waals surface area (Å²) < 4.78 is 0. The molecule has 0 radical (unpaired) electrons. The fourth-order valence-electron chi connectivity index (χ4n) is 3.26. The number of anilines is 3. The summed E-state index contributed by atoms with van der Waals surface area (Å²) in [4.78, 5) is 44.8. The first-order valence-corrected chi connectivity index (χ1v) is 15.8. The molecule has 4 aromatic rings. The van der Waals surface area contributed by atoms with Crippen LogP contribution in [0.25, 0.3) is 0 Å². The van der Waals surface area contributed by atoms with Crippen molar-refractivity contribution in [3.63, 3.8) is 0 Å². The molecule has 4 aromatic carbocycles. The van der Waals surface area contributed by atoms with Crippen molar-refractivity contribution in [2.75, 3.05) is 58.0 Å². The van der Waals surface area contributed by atoms with E-state index in [0.717, 1.165) is 5.56 Å². The van der Waals surface area contributed by atoms with Crippen LogP contribution in [0.15, 0.2) is 91.0 Å². The number of benzene rings is 4. The second-order valence-electron chi connectivity index (χ2n) is 10.6. The Morgan fingerprint density at radius 1 is 0.583 bits per heavy atom. The number of nitrogens with zero attached hydrogens (tertiary/aromatic N) is 4. The maximum Gasteiger partial charge on any atom is 0.357 e. The Morgan fingerprint density at radius 2 is 1.08 bits per heavy atom. The molecular weight excluding hydrogens is 698 g/mol. The van der Waals surface area contributed by atoms with Gasteiger partial charge in [0.1, 0.15) is 0 Å². The summed E-state index contributed by atoms with van der Waals surface area (Å²) in [5.74, 6) is 0.536. The number of rotatable bonds is 5. The van der Waals surface area contributed by atoms with Crippen LogP contribution in [0, 0.1) is 6.92 Å². The van der Waals surface area contributed by atoms with E-state index in [0.29, 0.717) is 42.9 Å². The molecule has 0 unspecified atom stereocenters. The molecule has 0 aliphatic rings. The molecule has 0 atom stereocenters. The molecular formula is C34H38Cl4N6O4. The number of para-hydroxylation sites is 1. The fraction of sp³-hybridized carbons (Fsp3) is 0.206. The molecule has 0 heterocycles. The van der Waals surface area contributed by atoms with Crippen LogP contribution in [-0.2, 0) is 0 Å². The molecule has 0 saturated heterocycles. The average molecular weight is 737 g/mol. The van der Waals surface area contributed by atoms with Gasteiger partial charge in [-0.25, -0.2) is 14.4 Å². The van der Waals surface area contributed by atoms with Crippen molar-refractivity contribution >= 4 is 81.6 Å². The zero-order valence-corrected chi connectivity index (χ0v) is 30.6. The van der Waals surface area contributed by atoms with Gasteiger partial charge in [0.25, 0.3) is 0 Å². The summed E-state index contributed by atoms with van der Waals surface area (Å²) >= 11 is 23.3. The molecule has 0 spiro atoms. The third kappa shape index (κ3) is 13.4. The van der Waals surface area contributed by atoms with E-state index in [4.69, 9.17) is 51.2 Å². The molecule has 6 amide bonds. The second-order valence-corrected chi connectivity index (χ2v) is 12.3. The van der Waals surface area contributed by atoms with E-state index < -0.39 is 0 Å². The van der Waals surface area contributed by atoms with Gasteiger partial charge in [-0.1, -0.05) is 70.7 Å². The standard InChI is InChI=1S/C15H15ClN2O2.C10H13ClN2O.C9H10Cl2N2O/c1-17(2)15(19)18(13-6-4-3-5-7-13)20-14-10-8-12(16)9-11-14;1-7-4-5-8(6-9(7)11)12-10(14)13(2)3;1-13(2)9(14)12-6-3-4-7(10)8(11)5-6/h3-11H,1-2H3;4-6H,1-3H3,(H,12,14);3-5H,1-2H3,(H,12,14). The number of hydrogen-bond acceptors (Lipinski definition) is 4. The van der Waals surface area contributed by atoms with E-state index in [2.05, 4.69) is 10.6 Å². The molecule has 10 nitrogen and oxygen atoms in total. The molecule has 4 rings (SSSR count). The third-order valence-corrected chi connectivity index (χ3v) is 7.36. The highest BCUT2D eigenvalue weighted by Gasteiger charge is 2.20. The van der Waals surface area contributed by atoms with E-state index in [1.807, 2.05) is 37.3 Å². The van der Waals surface area contributed by atoms with Gasteiger partial charge in [-0.05, 0) is 79.2 Å². The number of hydrogen-bond donors (Lipinski definition) is 2. The molecule has 0 bridgehead atoms. The minimum Gasteiger partial charge on any atom is -0.370 e. The van der Waals surface area contributed by atoms with Crippen molar-refractivity contribution in [2.45, 2.75) is 6.92 Å². The van der Waals surface area contributed by atoms with E-state index in [9.17, 15) is 14.4 Å². The van der Waals surface area contributed by atoms with Gasteiger partial charge in [0.05, 0.1) is 15.7 Å². The van der Waals surface area contributed by atoms with Gasteiger partial charge in [0.2, 0.25) is 0 Å². The van der Waals surface area contributed by atoms with E-state index in [1.165, 1.54) is 19.8 Å². The second kappa shape index (κ2) is 19.5. The number of nitrogens with one attached hydrogen (secondary N) is 2. The fourth-order valence-corrected chi connectivity index (χ4v) is 3.87. The van der Waals surface area contributed by atoms with Crippen molar-refractivity contribution in [1.29, 1.82) is 0 Å². The van der Waals surface area contributed by atoms with Crippen molar-refractivity contribution in [1.82, 2.24) is 14.7 Å². The van der Waals surface area contributed by atoms with Crippen LogP contribution in [-0.4, -0.2) is 75.1 Å². The minimum absolute atomic E-state index is 0.162. The molecule has 0 aliphatic heterocycles. The molecule has 48 heavy (non-hydrogen) atoms. The summed E-state index contributed by atoms with van der Waals surface area (Å²) in [7, 11) is 10.0. The lowest BCUT2D eigenvalue weighted by Gasteiger charge is -2.25. The minimum atomic E-state index is -0.272. The lowest BCUT2D eigenvalue weighted by molar-refractivity contribution is 0.190. The number of halogens is 4. The first-order valence-electron chi connectivity index (χ1n) is 14.3. The SMILES string of the molecule is CN(C)C(=O)N(Oc1ccc(Cl)cc1)c1ccccc1.CN(C)C(=O)Nc1ccc(Cl)c(Cl)c1.Cc1ccc(NC(=O)N(C)C)cc1Cl. The Labute approximate surface area is 301 Å². The van der Waals surface area contributed by atoms with Gasteiger partial charge in [-0.2, -0.15) is 0 Å². The lowest BCUT2D eigenvalue weighted by atomic mass is 10.2. The normalized spacial score (nSPS) is 9.81. The van der Waals surface area contributed by atoms with Crippen molar-refractivity contribution < 1.29 is 19.2 Å². The first-order chi connectivity index (χ1) is 22.6. The van der Waals surface area contributed by atoms with Gasteiger partial charge in [0.15, 0.2) is 5.75 Å². The summed E-state index contributed by atoms with van der Waals surface area (Å²) in [5.41, 5.74) is 2.98. The molecule has 0 aromatic heterocycles. The molecule has 2 N–H and O–H groups in total. The summed E-state index contributed by atoms with van der Waals surface area (Å²) in [6, 6.07) is 25.7. The predicted molar refractivity (Wildman–Crippen MR) is 198 cm³/mol. The molecule has 0 saturated carbocycles.